The first kappa shape index (κ1) is 27.9. The van der Waals surface area contributed by atoms with Gasteiger partial charge in [-0.2, -0.15) is 0 Å². The Morgan fingerprint density at radius 2 is 1.23 bits per heavy atom. The molecule has 1 heterocycles. The number of carbonyl (C=O) groups is 2. The van der Waals surface area contributed by atoms with Crippen molar-refractivity contribution in [3.8, 4) is 0 Å². The Balaban J connectivity index is 2.66. The van der Waals surface area contributed by atoms with Crippen molar-refractivity contribution in [1.82, 2.24) is 20.0 Å². The van der Waals surface area contributed by atoms with Gasteiger partial charge in [0.1, 0.15) is 0 Å². The minimum Gasteiger partial charge on any atom is -0.465 e. The summed E-state index contributed by atoms with van der Waals surface area (Å²) in [6.45, 7) is 11.2. The Labute approximate surface area is 189 Å². The van der Waals surface area contributed by atoms with Gasteiger partial charge >= 0.3 is 11.9 Å². The standard InChI is InChI=1S/C21H41N4O5P/c1-3-5-15-29-20(26)17-23-9-7-22-8-10-25(19-31-28)14-13-24(12-11-23)18-21(27)30-16-6-4-2/h22H,3-19H2,1-2H3. The minimum atomic E-state index is -0.221. The molecule has 1 aliphatic heterocycles. The van der Waals surface area contributed by atoms with Crippen molar-refractivity contribution >= 4 is 20.4 Å². The van der Waals surface area contributed by atoms with Crippen LogP contribution in [0.25, 0.3) is 0 Å². The van der Waals surface area contributed by atoms with E-state index in [9.17, 15) is 14.2 Å². The maximum Gasteiger partial charge on any atom is 0.320 e. The van der Waals surface area contributed by atoms with Gasteiger partial charge < -0.3 is 14.8 Å². The van der Waals surface area contributed by atoms with Crippen LogP contribution in [0.4, 0.5) is 0 Å². The molecular weight excluding hydrogens is 419 g/mol. The van der Waals surface area contributed by atoms with Gasteiger partial charge in [0.05, 0.1) is 32.6 Å². The molecule has 0 amide bonds. The van der Waals surface area contributed by atoms with E-state index in [0.717, 1.165) is 58.4 Å². The van der Waals surface area contributed by atoms with Crippen molar-refractivity contribution in [2.24, 2.45) is 0 Å². The van der Waals surface area contributed by atoms with Gasteiger partial charge in [-0.05, 0) is 12.8 Å². The number of carbonyl (C=O) groups excluding carboxylic acids is 2. The average Bonchev–Trinajstić information content (AvgIpc) is 2.74. The highest BCUT2D eigenvalue weighted by Crippen LogP contribution is 2.03. The highest BCUT2D eigenvalue weighted by Gasteiger charge is 2.18. The van der Waals surface area contributed by atoms with Crippen LogP contribution in [0.1, 0.15) is 39.5 Å². The molecule has 180 valence electrons. The van der Waals surface area contributed by atoms with E-state index in [1.807, 2.05) is 0 Å². The molecule has 0 aromatic rings. The van der Waals surface area contributed by atoms with Crippen LogP contribution in [0, 0.1) is 0 Å². The first-order valence-electron chi connectivity index (χ1n) is 11.6. The molecule has 0 atom stereocenters. The van der Waals surface area contributed by atoms with Gasteiger partial charge in [-0.3, -0.25) is 28.9 Å². The highest BCUT2D eigenvalue weighted by molar-refractivity contribution is 7.23. The number of nitrogens with zero attached hydrogens (tertiary/aromatic N) is 3. The van der Waals surface area contributed by atoms with Crippen molar-refractivity contribution in [1.29, 1.82) is 0 Å². The number of ether oxygens (including phenoxy) is 2. The zero-order valence-corrected chi connectivity index (χ0v) is 20.2. The van der Waals surface area contributed by atoms with E-state index >= 15 is 0 Å². The smallest absolute Gasteiger partial charge is 0.320 e. The third kappa shape index (κ3) is 14.5. The van der Waals surface area contributed by atoms with Crippen molar-refractivity contribution in [3.05, 3.63) is 0 Å². The third-order valence-electron chi connectivity index (χ3n) is 5.16. The van der Waals surface area contributed by atoms with Crippen LogP contribution >= 0.6 is 8.46 Å². The number of unbranched alkanes of at least 4 members (excludes halogenated alkanes) is 2. The molecule has 31 heavy (non-hydrogen) atoms. The number of esters is 2. The fraction of sp³-hybridized carbons (Fsp3) is 0.905. The lowest BCUT2D eigenvalue weighted by atomic mass is 10.3. The summed E-state index contributed by atoms with van der Waals surface area (Å²) >= 11 is 0. The van der Waals surface area contributed by atoms with E-state index in [2.05, 4.69) is 33.9 Å². The van der Waals surface area contributed by atoms with Crippen LogP contribution in [0.15, 0.2) is 0 Å². The molecule has 1 saturated heterocycles. The summed E-state index contributed by atoms with van der Waals surface area (Å²) in [5, 5.41) is 3.39. The third-order valence-corrected chi connectivity index (χ3v) is 5.68. The molecular formula is C21H41N4O5P. The highest BCUT2D eigenvalue weighted by atomic mass is 31.1. The van der Waals surface area contributed by atoms with Gasteiger partial charge in [0, 0.05) is 52.4 Å². The largest absolute Gasteiger partial charge is 0.465 e. The predicted octanol–water partition coefficient (Wildman–Crippen LogP) is 1.43. The molecule has 1 aliphatic rings. The molecule has 1 N–H and O–H groups in total. The minimum absolute atomic E-state index is 0.101. The molecule has 0 aromatic heterocycles. The fourth-order valence-electron chi connectivity index (χ4n) is 3.16. The Bertz CT molecular complexity index is 512. The molecule has 0 aromatic carbocycles. The van der Waals surface area contributed by atoms with Crippen molar-refractivity contribution in [3.63, 3.8) is 0 Å². The van der Waals surface area contributed by atoms with E-state index in [1.54, 1.807) is 0 Å². The molecule has 1 rings (SSSR count). The fourth-order valence-corrected chi connectivity index (χ4v) is 3.60. The molecule has 1 fully saturated rings. The molecule has 0 radical (unpaired) electrons. The van der Waals surface area contributed by atoms with Gasteiger partial charge in [0.25, 0.3) is 0 Å². The first-order chi connectivity index (χ1) is 15.1. The lowest BCUT2D eigenvalue weighted by molar-refractivity contribution is -0.146. The Kier molecular flexibility index (Phi) is 16.6. The van der Waals surface area contributed by atoms with Crippen LogP contribution in [0.2, 0.25) is 0 Å². The van der Waals surface area contributed by atoms with Gasteiger partial charge in [-0.1, -0.05) is 26.7 Å². The summed E-state index contributed by atoms with van der Waals surface area (Å²) in [4.78, 5) is 30.7. The van der Waals surface area contributed by atoms with Crippen LogP contribution in [-0.4, -0.2) is 112 Å². The molecule has 9 nitrogen and oxygen atoms in total. The van der Waals surface area contributed by atoms with E-state index in [1.165, 1.54) is 0 Å². The van der Waals surface area contributed by atoms with Crippen molar-refractivity contribution in [2.75, 3.05) is 84.9 Å². The van der Waals surface area contributed by atoms with E-state index in [4.69, 9.17) is 9.47 Å². The van der Waals surface area contributed by atoms with Crippen molar-refractivity contribution in [2.45, 2.75) is 39.5 Å². The number of hydrogen-bond acceptors (Lipinski definition) is 9. The summed E-state index contributed by atoms with van der Waals surface area (Å²) in [6, 6.07) is 0. The van der Waals surface area contributed by atoms with Crippen LogP contribution < -0.4 is 5.32 Å². The number of hydrogen-bond donors (Lipinski definition) is 1. The zero-order chi connectivity index (χ0) is 22.7. The van der Waals surface area contributed by atoms with E-state index in [-0.39, 0.29) is 33.5 Å². The van der Waals surface area contributed by atoms with Crippen molar-refractivity contribution < 1.29 is 23.6 Å². The SMILES string of the molecule is CCCCOC(=O)CN1CCNCCN(CP=O)CCN(CC(=O)OCCCC)CC1. The summed E-state index contributed by atoms with van der Waals surface area (Å²) in [5.41, 5.74) is 0. The normalized spacial score (nSPS) is 18.3. The topological polar surface area (TPSA) is 91.4 Å². The molecule has 0 unspecified atom stereocenters. The zero-order valence-electron chi connectivity index (χ0n) is 19.4. The maximum absolute atomic E-state index is 12.2. The second-order valence-corrected chi connectivity index (χ2v) is 8.38. The molecule has 0 aliphatic carbocycles. The van der Waals surface area contributed by atoms with Gasteiger partial charge in [0.2, 0.25) is 0 Å². The van der Waals surface area contributed by atoms with Gasteiger partial charge in [-0.25, -0.2) is 0 Å². The lowest BCUT2D eigenvalue weighted by Gasteiger charge is -2.30. The van der Waals surface area contributed by atoms with Crippen LogP contribution in [-0.2, 0) is 23.6 Å². The predicted molar refractivity (Wildman–Crippen MR) is 122 cm³/mol. The summed E-state index contributed by atoms with van der Waals surface area (Å²) in [7, 11) is 0.101. The Morgan fingerprint density at radius 3 is 1.71 bits per heavy atom. The maximum atomic E-state index is 12.2. The lowest BCUT2D eigenvalue weighted by Crippen LogP contribution is -2.47. The average molecular weight is 461 g/mol. The summed E-state index contributed by atoms with van der Waals surface area (Å²) in [5.74, 6) is -0.423. The summed E-state index contributed by atoms with van der Waals surface area (Å²) < 4.78 is 21.7. The number of nitrogens with one attached hydrogen (secondary N) is 1. The van der Waals surface area contributed by atoms with E-state index < -0.39 is 0 Å². The van der Waals surface area contributed by atoms with Gasteiger partial charge in [-0.15, -0.1) is 0 Å². The second kappa shape index (κ2) is 18.5. The van der Waals surface area contributed by atoms with Crippen LogP contribution in [0.3, 0.4) is 0 Å². The van der Waals surface area contributed by atoms with Crippen LogP contribution in [0.5, 0.6) is 0 Å². The number of rotatable bonds is 12. The molecule has 0 bridgehead atoms. The first-order valence-corrected chi connectivity index (χ1v) is 12.6. The molecule has 0 spiro atoms. The Morgan fingerprint density at radius 1 is 0.774 bits per heavy atom. The van der Waals surface area contributed by atoms with E-state index in [0.29, 0.717) is 39.1 Å². The second-order valence-electron chi connectivity index (χ2n) is 7.84. The quantitative estimate of drug-likeness (QED) is 0.264. The summed E-state index contributed by atoms with van der Waals surface area (Å²) in [6.07, 6.45) is 4.19. The molecule has 0 saturated carbocycles. The van der Waals surface area contributed by atoms with Gasteiger partial charge in [0.15, 0.2) is 8.46 Å². The molecule has 10 heteroatoms. The monoisotopic (exact) mass is 460 g/mol. The Hall–Kier alpha value is -1.12.